The fraction of sp³-hybridized carbons (Fsp3) is 0.0870. The summed E-state index contributed by atoms with van der Waals surface area (Å²) in [5.74, 6) is -0.684. The Kier molecular flexibility index (Phi) is 5.98. The molecule has 9 heteroatoms. The Hall–Kier alpha value is -2.88. The van der Waals surface area contributed by atoms with Crippen LogP contribution in [0.1, 0.15) is 5.56 Å². The molecule has 32 heavy (non-hydrogen) atoms. The zero-order chi connectivity index (χ0) is 22.9. The van der Waals surface area contributed by atoms with Gasteiger partial charge in [-0.1, -0.05) is 48.5 Å². The molecule has 164 valence electrons. The summed E-state index contributed by atoms with van der Waals surface area (Å²) >= 11 is 0.911. The SMILES string of the molecule is CS(=O)(=O)c1ccccc1-c1sc(S(=O)(=O)Cc2ccccc2)nc1-c1ccc(F)cc1. The lowest BCUT2D eigenvalue weighted by atomic mass is 10.1. The van der Waals surface area contributed by atoms with Gasteiger partial charge in [-0.25, -0.2) is 26.2 Å². The summed E-state index contributed by atoms with van der Waals surface area (Å²) in [6, 6.07) is 20.6. The average molecular weight is 488 g/mol. The van der Waals surface area contributed by atoms with Gasteiger partial charge < -0.3 is 0 Å². The first-order chi connectivity index (χ1) is 15.1. The summed E-state index contributed by atoms with van der Waals surface area (Å²) in [5, 5.41) is 0. The quantitative estimate of drug-likeness (QED) is 0.383. The topological polar surface area (TPSA) is 81.2 Å². The molecule has 0 atom stereocenters. The van der Waals surface area contributed by atoms with Crippen LogP contribution in [0.4, 0.5) is 4.39 Å². The lowest BCUT2D eigenvalue weighted by Gasteiger charge is -2.08. The van der Waals surface area contributed by atoms with Crippen LogP contribution in [0, 0.1) is 5.82 Å². The van der Waals surface area contributed by atoms with Crippen LogP contribution >= 0.6 is 11.3 Å². The molecule has 0 aliphatic rings. The lowest BCUT2D eigenvalue weighted by molar-refractivity contribution is 0.594. The van der Waals surface area contributed by atoms with Gasteiger partial charge in [0, 0.05) is 17.4 Å². The number of halogens is 1. The molecule has 0 aliphatic heterocycles. The lowest BCUT2D eigenvalue weighted by Crippen LogP contribution is -2.04. The third kappa shape index (κ3) is 4.64. The van der Waals surface area contributed by atoms with E-state index in [0.717, 1.165) is 17.6 Å². The van der Waals surface area contributed by atoms with Gasteiger partial charge in [-0.3, -0.25) is 0 Å². The standard InChI is InChI=1S/C23H18FNO4S3/c1-31(26,27)20-10-6-5-9-19(20)22-21(17-11-13-18(24)14-12-17)25-23(30-22)32(28,29)15-16-7-3-2-4-8-16/h2-14H,15H2,1H3. The maximum absolute atomic E-state index is 13.5. The monoisotopic (exact) mass is 487 g/mol. The van der Waals surface area contributed by atoms with Gasteiger partial charge in [-0.05, 0) is 35.9 Å². The summed E-state index contributed by atoms with van der Waals surface area (Å²) in [6.45, 7) is 0. The first-order valence-corrected chi connectivity index (χ1v) is 13.8. The minimum absolute atomic E-state index is 0.0685. The highest BCUT2D eigenvalue weighted by atomic mass is 32.2. The minimum Gasteiger partial charge on any atom is -0.224 e. The van der Waals surface area contributed by atoms with Gasteiger partial charge in [0.15, 0.2) is 9.84 Å². The van der Waals surface area contributed by atoms with Crippen LogP contribution in [0.3, 0.4) is 0 Å². The molecule has 0 amide bonds. The van der Waals surface area contributed by atoms with Crippen molar-refractivity contribution in [1.82, 2.24) is 4.98 Å². The van der Waals surface area contributed by atoms with Crippen LogP contribution in [-0.2, 0) is 25.4 Å². The first-order valence-electron chi connectivity index (χ1n) is 9.48. The predicted molar refractivity (Wildman–Crippen MR) is 123 cm³/mol. The molecule has 0 saturated heterocycles. The number of nitrogens with zero attached hydrogens (tertiary/aromatic N) is 1. The molecule has 5 nitrogen and oxygen atoms in total. The van der Waals surface area contributed by atoms with Gasteiger partial charge in [-0.15, -0.1) is 11.3 Å². The van der Waals surface area contributed by atoms with Crippen LogP contribution in [0.2, 0.25) is 0 Å². The summed E-state index contributed by atoms with van der Waals surface area (Å²) < 4.78 is 64.4. The molecule has 1 heterocycles. The van der Waals surface area contributed by atoms with Crippen LogP contribution in [0.25, 0.3) is 21.7 Å². The molecule has 0 bridgehead atoms. The summed E-state index contributed by atoms with van der Waals surface area (Å²) in [6.07, 6.45) is 1.09. The summed E-state index contributed by atoms with van der Waals surface area (Å²) in [4.78, 5) is 4.85. The second-order valence-electron chi connectivity index (χ2n) is 7.18. The van der Waals surface area contributed by atoms with Crippen LogP contribution < -0.4 is 0 Å². The van der Waals surface area contributed by atoms with E-state index in [-0.39, 0.29) is 20.7 Å². The molecule has 0 saturated carbocycles. The van der Waals surface area contributed by atoms with Crippen molar-refractivity contribution in [3.63, 3.8) is 0 Å². The number of benzene rings is 3. The maximum Gasteiger partial charge on any atom is 0.210 e. The average Bonchev–Trinajstić information content (AvgIpc) is 3.20. The van der Waals surface area contributed by atoms with Crippen molar-refractivity contribution < 1.29 is 21.2 Å². The molecule has 0 aliphatic carbocycles. The third-order valence-electron chi connectivity index (χ3n) is 4.72. The summed E-state index contributed by atoms with van der Waals surface area (Å²) in [5.41, 5.74) is 1.75. The molecule has 0 unspecified atom stereocenters. The minimum atomic E-state index is -3.80. The Balaban J connectivity index is 1.92. The first kappa shape index (κ1) is 22.3. The van der Waals surface area contributed by atoms with Crippen LogP contribution in [0.15, 0.2) is 88.1 Å². The molecular weight excluding hydrogens is 469 g/mol. The summed E-state index contributed by atoms with van der Waals surface area (Å²) in [7, 11) is -7.40. The van der Waals surface area contributed by atoms with Gasteiger partial charge >= 0.3 is 0 Å². The molecule has 0 spiro atoms. The van der Waals surface area contributed by atoms with Gasteiger partial charge in [0.1, 0.15) is 5.82 Å². The number of aromatic nitrogens is 1. The fourth-order valence-electron chi connectivity index (χ4n) is 3.25. The van der Waals surface area contributed by atoms with E-state index in [0.29, 0.717) is 21.6 Å². The van der Waals surface area contributed by atoms with Crippen molar-refractivity contribution in [2.45, 2.75) is 15.0 Å². The van der Waals surface area contributed by atoms with Crippen molar-refractivity contribution in [1.29, 1.82) is 0 Å². The van der Waals surface area contributed by atoms with Gasteiger partial charge in [0.25, 0.3) is 0 Å². The second kappa shape index (κ2) is 8.57. The third-order valence-corrected chi connectivity index (χ3v) is 9.11. The molecule has 4 aromatic rings. The number of sulfone groups is 2. The van der Waals surface area contributed by atoms with Crippen molar-refractivity contribution in [3.05, 3.63) is 90.2 Å². The highest BCUT2D eigenvalue weighted by molar-refractivity contribution is 7.92. The molecule has 1 aromatic heterocycles. The molecular formula is C23H18FNO4S3. The predicted octanol–water partition coefficient (Wildman–Crippen LogP) is 4.99. The molecule has 0 N–H and O–H groups in total. The van der Waals surface area contributed by atoms with Crippen molar-refractivity contribution in [2.24, 2.45) is 0 Å². The van der Waals surface area contributed by atoms with Crippen molar-refractivity contribution >= 4 is 31.0 Å². The van der Waals surface area contributed by atoms with Crippen LogP contribution in [-0.4, -0.2) is 28.1 Å². The zero-order valence-electron chi connectivity index (χ0n) is 16.9. The number of thiazole rings is 1. The molecule has 3 aromatic carbocycles. The van der Waals surface area contributed by atoms with Crippen molar-refractivity contribution in [3.8, 4) is 21.7 Å². The van der Waals surface area contributed by atoms with Crippen molar-refractivity contribution in [2.75, 3.05) is 6.26 Å². The zero-order valence-corrected chi connectivity index (χ0v) is 19.3. The Labute approximate surface area is 190 Å². The second-order valence-corrected chi connectivity index (χ2v) is 12.3. The largest absolute Gasteiger partial charge is 0.224 e. The van der Waals surface area contributed by atoms with E-state index in [4.69, 9.17) is 0 Å². The van der Waals surface area contributed by atoms with E-state index in [2.05, 4.69) is 4.98 Å². The molecule has 0 radical (unpaired) electrons. The fourth-order valence-corrected chi connectivity index (χ4v) is 6.99. The Morgan fingerprint density at radius 2 is 1.47 bits per heavy atom. The molecule has 4 rings (SSSR count). The highest BCUT2D eigenvalue weighted by Gasteiger charge is 2.26. The smallest absolute Gasteiger partial charge is 0.210 e. The van der Waals surface area contributed by atoms with E-state index in [1.165, 1.54) is 30.3 Å². The molecule has 0 fully saturated rings. The van der Waals surface area contributed by atoms with E-state index in [9.17, 15) is 21.2 Å². The van der Waals surface area contributed by atoms with Gasteiger partial charge in [0.05, 0.1) is 21.2 Å². The highest BCUT2D eigenvalue weighted by Crippen LogP contribution is 2.41. The normalized spacial score (nSPS) is 12.1. The van der Waals surface area contributed by atoms with Crippen LogP contribution in [0.5, 0.6) is 0 Å². The Bertz CT molecular complexity index is 1480. The maximum atomic E-state index is 13.5. The Morgan fingerprint density at radius 3 is 2.12 bits per heavy atom. The van der Waals surface area contributed by atoms with E-state index < -0.39 is 25.5 Å². The Morgan fingerprint density at radius 1 is 0.844 bits per heavy atom. The van der Waals surface area contributed by atoms with Gasteiger partial charge in [0.2, 0.25) is 14.2 Å². The van der Waals surface area contributed by atoms with E-state index >= 15 is 0 Å². The van der Waals surface area contributed by atoms with Gasteiger partial charge in [-0.2, -0.15) is 0 Å². The van der Waals surface area contributed by atoms with E-state index in [1.54, 1.807) is 48.5 Å². The number of hydrogen-bond acceptors (Lipinski definition) is 6. The number of hydrogen-bond donors (Lipinski definition) is 0. The number of rotatable bonds is 6. The van der Waals surface area contributed by atoms with E-state index in [1.807, 2.05) is 0 Å².